The Morgan fingerprint density at radius 3 is 2.47 bits per heavy atom. The minimum absolute atomic E-state index is 0.0325. The van der Waals surface area contributed by atoms with Crippen molar-refractivity contribution in [3.8, 4) is 0 Å². The van der Waals surface area contributed by atoms with Crippen molar-refractivity contribution in [2.75, 3.05) is 27.2 Å². The lowest BCUT2D eigenvalue weighted by Crippen LogP contribution is -2.51. The minimum atomic E-state index is -4.74. The Hall–Kier alpha value is -0.780. The highest BCUT2D eigenvalue weighted by Crippen LogP contribution is 2.22. The van der Waals surface area contributed by atoms with E-state index in [0.29, 0.717) is 6.42 Å². The van der Waals surface area contributed by atoms with Gasteiger partial charge < -0.3 is 9.80 Å². The fourth-order valence-electron chi connectivity index (χ4n) is 1.74. The molecule has 0 aromatic rings. The Bertz CT molecular complexity index is 240. The van der Waals surface area contributed by atoms with Gasteiger partial charge in [-0.1, -0.05) is 0 Å². The van der Waals surface area contributed by atoms with E-state index in [9.17, 15) is 18.0 Å². The van der Waals surface area contributed by atoms with Gasteiger partial charge in [-0.2, -0.15) is 13.2 Å². The molecule has 0 aliphatic carbocycles. The second-order valence-corrected chi connectivity index (χ2v) is 4.01. The first-order valence-electron chi connectivity index (χ1n) is 4.85. The van der Waals surface area contributed by atoms with Gasteiger partial charge in [-0.05, 0) is 26.9 Å². The van der Waals surface area contributed by atoms with E-state index in [4.69, 9.17) is 0 Å². The van der Waals surface area contributed by atoms with Crippen LogP contribution in [0.2, 0.25) is 0 Å². The van der Waals surface area contributed by atoms with Crippen LogP contribution in [0.5, 0.6) is 0 Å². The van der Waals surface area contributed by atoms with E-state index in [0.717, 1.165) is 11.3 Å². The van der Waals surface area contributed by atoms with Crippen molar-refractivity contribution < 1.29 is 18.0 Å². The molecule has 0 aromatic carbocycles. The summed E-state index contributed by atoms with van der Waals surface area (Å²) in [5.74, 6) is -1.71. The average Bonchev–Trinajstić information content (AvgIpc) is 2.15. The van der Waals surface area contributed by atoms with E-state index in [1.54, 1.807) is 0 Å². The quantitative estimate of drug-likeness (QED) is 0.666. The zero-order valence-corrected chi connectivity index (χ0v) is 8.84. The van der Waals surface area contributed by atoms with Gasteiger partial charge in [0.05, 0.1) is 0 Å². The highest BCUT2D eigenvalue weighted by Gasteiger charge is 2.43. The third kappa shape index (κ3) is 3.09. The molecule has 1 saturated heterocycles. The number of carbonyl (C=O) groups is 1. The molecule has 1 atom stereocenters. The molecule has 15 heavy (non-hydrogen) atoms. The van der Waals surface area contributed by atoms with Crippen molar-refractivity contribution in [2.24, 2.45) is 0 Å². The fraction of sp³-hybridized carbons (Fsp3) is 0.889. The van der Waals surface area contributed by atoms with Crippen LogP contribution in [0.1, 0.15) is 12.8 Å². The molecule has 1 rings (SSSR count). The van der Waals surface area contributed by atoms with Crippen molar-refractivity contribution in [3.63, 3.8) is 0 Å². The summed E-state index contributed by atoms with van der Waals surface area (Å²) in [7, 11) is 3.62. The van der Waals surface area contributed by atoms with Gasteiger partial charge in [-0.25, -0.2) is 0 Å². The van der Waals surface area contributed by atoms with Crippen LogP contribution in [0.25, 0.3) is 0 Å². The van der Waals surface area contributed by atoms with Crippen LogP contribution in [-0.4, -0.2) is 55.1 Å². The van der Waals surface area contributed by atoms with Gasteiger partial charge in [-0.3, -0.25) is 4.79 Å². The Kier molecular flexibility index (Phi) is 3.59. The summed E-state index contributed by atoms with van der Waals surface area (Å²) in [5.41, 5.74) is 0. The number of hydrogen-bond donors (Lipinski definition) is 0. The van der Waals surface area contributed by atoms with Gasteiger partial charge in [0.25, 0.3) is 0 Å². The Morgan fingerprint density at radius 2 is 2.00 bits per heavy atom. The molecule has 0 saturated carbocycles. The third-order valence-corrected chi connectivity index (χ3v) is 2.66. The molecule has 1 aliphatic heterocycles. The molecule has 0 radical (unpaired) electrons. The molecule has 1 amide bonds. The molecular weight excluding hydrogens is 209 g/mol. The van der Waals surface area contributed by atoms with E-state index in [1.165, 1.54) is 0 Å². The van der Waals surface area contributed by atoms with Gasteiger partial charge >= 0.3 is 12.1 Å². The van der Waals surface area contributed by atoms with E-state index in [2.05, 4.69) is 0 Å². The molecule has 1 unspecified atom stereocenters. The van der Waals surface area contributed by atoms with Crippen LogP contribution >= 0.6 is 0 Å². The summed E-state index contributed by atoms with van der Waals surface area (Å²) >= 11 is 0. The van der Waals surface area contributed by atoms with Crippen molar-refractivity contribution in [1.82, 2.24) is 9.80 Å². The Morgan fingerprint density at radius 1 is 1.40 bits per heavy atom. The SMILES string of the molecule is CN(C)C1CCCN(C(=O)C(F)(F)F)C1. The first-order chi connectivity index (χ1) is 6.82. The summed E-state index contributed by atoms with van der Waals surface area (Å²) in [6, 6.07) is 0.0325. The minimum Gasteiger partial charge on any atom is -0.333 e. The Labute approximate surface area is 86.8 Å². The standard InChI is InChI=1S/C9H15F3N2O/c1-13(2)7-4-3-5-14(6-7)8(15)9(10,11)12/h7H,3-6H2,1-2H3. The number of halogens is 3. The van der Waals surface area contributed by atoms with E-state index >= 15 is 0 Å². The summed E-state index contributed by atoms with van der Waals surface area (Å²) in [6.07, 6.45) is -3.27. The molecule has 1 fully saturated rings. The number of carbonyl (C=O) groups excluding carboxylic acids is 1. The number of likely N-dealkylation sites (tertiary alicyclic amines) is 1. The second-order valence-electron chi connectivity index (χ2n) is 4.01. The molecular formula is C9H15F3N2O. The maximum Gasteiger partial charge on any atom is 0.471 e. The lowest BCUT2D eigenvalue weighted by atomic mass is 10.0. The van der Waals surface area contributed by atoms with Crippen LogP contribution in [0.4, 0.5) is 13.2 Å². The van der Waals surface area contributed by atoms with E-state index in [-0.39, 0.29) is 19.1 Å². The third-order valence-electron chi connectivity index (χ3n) is 2.66. The van der Waals surface area contributed by atoms with E-state index in [1.807, 2.05) is 19.0 Å². The highest BCUT2D eigenvalue weighted by atomic mass is 19.4. The number of rotatable bonds is 1. The second kappa shape index (κ2) is 4.38. The number of likely N-dealkylation sites (N-methyl/N-ethyl adjacent to an activating group) is 1. The predicted octanol–water partition coefficient (Wildman–Crippen LogP) is 1.10. The van der Waals surface area contributed by atoms with Crippen molar-refractivity contribution >= 4 is 5.91 Å². The summed E-state index contributed by atoms with van der Waals surface area (Å²) in [5, 5.41) is 0. The van der Waals surface area contributed by atoms with Gasteiger partial charge in [0, 0.05) is 19.1 Å². The number of alkyl halides is 3. The van der Waals surface area contributed by atoms with Crippen LogP contribution in [0.15, 0.2) is 0 Å². The summed E-state index contributed by atoms with van der Waals surface area (Å²) in [4.78, 5) is 13.7. The van der Waals surface area contributed by atoms with Crippen LogP contribution in [0.3, 0.4) is 0 Å². The molecule has 3 nitrogen and oxygen atoms in total. The summed E-state index contributed by atoms with van der Waals surface area (Å²) < 4.78 is 36.5. The van der Waals surface area contributed by atoms with Crippen molar-refractivity contribution in [2.45, 2.75) is 25.1 Å². The first-order valence-corrected chi connectivity index (χ1v) is 4.85. The molecule has 1 aliphatic rings. The van der Waals surface area contributed by atoms with Gasteiger partial charge in [-0.15, -0.1) is 0 Å². The predicted molar refractivity (Wildman–Crippen MR) is 49.3 cm³/mol. The lowest BCUT2D eigenvalue weighted by molar-refractivity contribution is -0.187. The number of hydrogen-bond acceptors (Lipinski definition) is 2. The van der Waals surface area contributed by atoms with Crippen LogP contribution < -0.4 is 0 Å². The molecule has 0 N–H and O–H groups in total. The number of piperidine rings is 1. The molecule has 0 spiro atoms. The molecule has 88 valence electrons. The number of amides is 1. The molecule has 0 aromatic heterocycles. The van der Waals surface area contributed by atoms with Crippen LogP contribution in [0, 0.1) is 0 Å². The molecule has 0 bridgehead atoms. The van der Waals surface area contributed by atoms with Crippen molar-refractivity contribution in [1.29, 1.82) is 0 Å². The maximum atomic E-state index is 12.2. The molecule has 6 heteroatoms. The van der Waals surface area contributed by atoms with Crippen LogP contribution in [-0.2, 0) is 4.79 Å². The van der Waals surface area contributed by atoms with Gasteiger partial charge in [0.1, 0.15) is 0 Å². The maximum absolute atomic E-state index is 12.2. The number of nitrogens with zero attached hydrogens (tertiary/aromatic N) is 2. The zero-order valence-electron chi connectivity index (χ0n) is 8.84. The zero-order chi connectivity index (χ0) is 11.6. The smallest absolute Gasteiger partial charge is 0.333 e. The summed E-state index contributed by atoms with van der Waals surface area (Å²) in [6.45, 7) is 0.383. The normalized spacial score (nSPS) is 23.3. The molecule has 1 heterocycles. The monoisotopic (exact) mass is 224 g/mol. The van der Waals surface area contributed by atoms with Gasteiger partial charge in [0.15, 0.2) is 0 Å². The van der Waals surface area contributed by atoms with Crippen molar-refractivity contribution in [3.05, 3.63) is 0 Å². The van der Waals surface area contributed by atoms with E-state index < -0.39 is 12.1 Å². The first kappa shape index (κ1) is 12.3. The lowest BCUT2D eigenvalue weighted by Gasteiger charge is -2.36. The highest BCUT2D eigenvalue weighted by molar-refractivity contribution is 5.82. The average molecular weight is 224 g/mol. The largest absolute Gasteiger partial charge is 0.471 e. The Balaban J connectivity index is 2.60. The fourth-order valence-corrected chi connectivity index (χ4v) is 1.74. The topological polar surface area (TPSA) is 23.6 Å². The van der Waals surface area contributed by atoms with Gasteiger partial charge in [0.2, 0.25) is 0 Å².